The highest BCUT2D eigenvalue weighted by atomic mass is 16.3. The summed E-state index contributed by atoms with van der Waals surface area (Å²) in [6, 6.07) is 11.2. The molecule has 8 nitrogen and oxygen atoms in total. The van der Waals surface area contributed by atoms with E-state index < -0.39 is 0 Å². The predicted molar refractivity (Wildman–Crippen MR) is 111 cm³/mol. The van der Waals surface area contributed by atoms with Gasteiger partial charge in [-0.05, 0) is 37.1 Å². The standard InChI is InChI=1S/C21H20N6O2/c22-19-17(21(28)24-13-6-1-2-7-13)18-20(26-16-10-4-3-9-15(16)25-18)27(19)23-12-14-8-5-11-29-14/h3-5,8-13H,1-2,6-7,22H2,(H,24,28). The zero-order valence-electron chi connectivity index (χ0n) is 15.7. The lowest BCUT2D eigenvalue weighted by Gasteiger charge is -2.11. The molecule has 0 radical (unpaired) electrons. The largest absolute Gasteiger partial charge is 0.463 e. The van der Waals surface area contributed by atoms with Gasteiger partial charge in [0.05, 0.1) is 23.5 Å². The van der Waals surface area contributed by atoms with Gasteiger partial charge in [0.2, 0.25) is 0 Å². The van der Waals surface area contributed by atoms with Crippen molar-refractivity contribution in [2.45, 2.75) is 31.7 Å². The number of nitrogens with zero attached hydrogens (tertiary/aromatic N) is 4. The summed E-state index contributed by atoms with van der Waals surface area (Å²) < 4.78 is 6.75. The molecule has 3 N–H and O–H groups in total. The van der Waals surface area contributed by atoms with Gasteiger partial charge in [0.15, 0.2) is 5.65 Å². The van der Waals surface area contributed by atoms with Crippen molar-refractivity contribution in [2.75, 3.05) is 5.73 Å². The van der Waals surface area contributed by atoms with E-state index in [4.69, 9.17) is 10.2 Å². The fourth-order valence-electron chi connectivity index (χ4n) is 3.80. The summed E-state index contributed by atoms with van der Waals surface area (Å²) in [5, 5.41) is 7.50. The smallest absolute Gasteiger partial charge is 0.257 e. The second-order valence-electron chi connectivity index (χ2n) is 7.17. The molecule has 0 unspecified atom stereocenters. The zero-order valence-corrected chi connectivity index (χ0v) is 15.7. The van der Waals surface area contributed by atoms with Gasteiger partial charge in [-0.3, -0.25) is 4.79 Å². The number of rotatable bonds is 4. The molecule has 0 spiro atoms. The normalized spacial score (nSPS) is 15.0. The number of nitrogens with two attached hydrogens (primary N) is 1. The number of carbonyl (C=O) groups excluding carboxylic acids is 1. The molecule has 29 heavy (non-hydrogen) atoms. The van der Waals surface area contributed by atoms with E-state index in [0.717, 1.165) is 25.7 Å². The molecule has 1 amide bonds. The van der Waals surface area contributed by atoms with Crippen LogP contribution in [0.4, 0.5) is 5.82 Å². The van der Waals surface area contributed by atoms with Crippen LogP contribution in [0, 0.1) is 0 Å². The topological polar surface area (TPSA) is 111 Å². The van der Waals surface area contributed by atoms with Crippen molar-refractivity contribution in [3.05, 3.63) is 54.0 Å². The number of hydrogen-bond acceptors (Lipinski definition) is 6. The molecule has 8 heteroatoms. The number of furan rings is 1. The second kappa shape index (κ2) is 7.05. The molecule has 4 aromatic rings. The van der Waals surface area contributed by atoms with Crippen molar-refractivity contribution < 1.29 is 9.21 Å². The zero-order chi connectivity index (χ0) is 19.8. The lowest BCUT2D eigenvalue weighted by Crippen LogP contribution is -2.33. The third-order valence-corrected chi connectivity index (χ3v) is 5.23. The van der Waals surface area contributed by atoms with Crippen LogP contribution in [0.3, 0.4) is 0 Å². The fraction of sp³-hybridized carbons (Fsp3) is 0.238. The number of aromatic nitrogens is 3. The Labute approximate surface area is 166 Å². The van der Waals surface area contributed by atoms with Crippen molar-refractivity contribution in [1.29, 1.82) is 0 Å². The third-order valence-electron chi connectivity index (χ3n) is 5.23. The molecule has 3 heterocycles. The molecule has 0 saturated heterocycles. The molecule has 1 fully saturated rings. The number of benzene rings is 1. The van der Waals surface area contributed by atoms with E-state index in [1.54, 1.807) is 18.4 Å². The maximum atomic E-state index is 13.1. The number of nitrogen functional groups attached to an aromatic ring is 1. The van der Waals surface area contributed by atoms with Crippen LogP contribution in [-0.4, -0.2) is 32.8 Å². The average Bonchev–Trinajstić information content (AvgIpc) is 3.46. The van der Waals surface area contributed by atoms with Gasteiger partial charge in [0.1, 0.15) is 22.7 Å². The van der Waals surface area contributed by atoms with Crippen molar-refractivity contribution in [3.8, 4) is 0 Å². The molecule has 1 saturated carbocycles. The van der Waals surface area contributed by atoms with E-state index in [2.05, 4.69) is 20.4 Å². The van der Waals surface area contributed by atoms with E-state index in [1.165, 1.54) is 10.9 Å². The molecular formula is C21H20N6O2. The van der Waals surface area contributed by atoms with E-state index in [1.807, 2.05) is 24.3 Å². The minimum Gasteiger partial charge on any atom is -0.463 e. The summed E-state index contributed by atoms with van der Waals surface area (Å²) in [4.78, 5) is 22.4. The van der Waals surface area contributed by atoms with E-state index in [-0.39, 0.29) is 17.8 Å². The first kappa shape index (κ1) is 17.4. The third kappa shape index (κ3) is 3.12. The quantitative estimate of drug-likeness (QED) is 0.521. The molecule has 3 aromatic heterocycles. The van der Waals surface area contributed by atoms with Crippen molar-refractivity contribution >= 4 is 40.1 Å². The molecule has 146 valence electrons. The lowest BCUT2D eigenvalue weighted by molar-refractivity contribution is 0.0940. The minimum atomic E-state index is -0.240. The molecule has 0 aliphatic heterocycles. The minimum absolute atomic E-state index is 0.167. The van der Waals surface area contributed by atoms with Crippen molar-refractivity contribution in [3.63, 3.8) is 0 Å². The first-order chi connectivity index (χ1) is 14.2. The van der Waals surface area contributed by atoms with E-state index in [9.17, 15) is 4.79 Å². The Kier molecular flexibility index (Phi) is 4.23. The summed E-state index contributed by atoms with van der Waals surface area (Å²) in [6.07, 6.45) is 7.31. The van der Waals surface area contributed by atoms with Crippen LogP contribution in [0.1, 0.15) is 41.8 Å². The summed E-state index contributed by atoms with van der Waals surface area (Å²) in [5.41, 5.74) is 8.95. The van der Waals surface area contributed by atoms with Crippen LogP contribution in [0.15, 0.2) is 52.2 Å². The molecule has 1 aliphatic rings. The van der Waals surface area contributed by atoms with E-state index >= 15 is 0 Å². The highest BCUT2D eigenvalue weighted by Gasteiger charge is 2.26. The number of hydrogen-bond donors (Lipinski definition) is 2. The fourth-order valence-corrected chi connectivity index (χ4v) is 3.80. The van der Waals surface area contributed by atoms with Crippen LogP contribution < -0.4 is 11.1 Å². The van der Waals surface area contributed by atoms with Gasteiger partial charge in [-0.2, -0.15) is 9.78 Å². The first-order valence-electron chi connectivity index (χ1n) is 9.66. The number of anilines is 1. The Hall–Kier alpha value is -3.68. The molecule has 0 bridgehead atoms. The summed E-state index contributed by atoms with van der Waals surface area (Å²) >= 11 is 0. The average molecular weight is 388 g/mol. The van der Waals surface area contributed by atoms with E-state index in [0.29, 0.717) is 33.5 Å². The maximum absolute atomic E-state index is 13.1. The van der Waals surface area contributed by atoms with Crippen molar-refractivity contribution in [2.24, 2.45) is 5.10 Å². The number of amides is 1. The van der Waals surface area contributed by atoms with Crippen LogP contribution >= 0.6 is 0 Å². The van der Waals surface area contributed by atoms with Crippen molar-refractivity contribution in [1.82, 2.24) is 20.0 Å². The number of carbonyl (C=O) groups is 1. The molecular weight excluding hydrogens is 368 g/mol. The number of fused-ring (bicyclic) bond motifs is 2. The lowest BCUT2D eigenvalue weighted by atomic mass is 10.2. The Bertz CT molecular complexity index is 1220. The Morgan fingerprint density at radius 1 is 1.17 bits per heavy atom. The van der Waals surface area contributed by atoms with Gasteiger partial charge in [0.25, 0.3) is 5.91 Å². The molecule has 1 aromatic carbocycles. The van der Waals surface area contributed by atoms with Crippen LogP contribution in [-0.2, 0) is 0 Å². The van der Waals surface area contributed by atoms with Gasteiger partial charge in [0, 0.05) is 6.04 Å². The number of nitrogens with one attached hydrogen (secondary N) is 1. The van der Waals surface area contributed by atoms with Gasteiger partial charge in [-0.1, -0.05) is 25.0 Å². The molecule has 5 rings (SSSR count). The highest BCUT2D eigenvalue weighted by molar-refractivity contribution is 6.10. The highest BCUT2D eigenvalue weighted by Crippen LogP contribution is 2.28. The maximum Gasteiger partial charge on any atom is 0.257 e. The predicted octanol–water partition coefficient (Wildman–Crippen LogP) is 3.31. The SMILES string of the molecule is Nc1c(C(=O)NC2CCCC2)c2nc3ccccc3nc2n1N=Cc1ccco1. The van der Waals surface area contributed by atoms with Crippen LogP contribution in [0.25, 0.3) is 22.2 Å². The Morgan fingerprint density at radius 2 is 1.93 bits per heavy atom. The summed E-state index contributed by atoms with van der Waals surface area (Å²) in [6.45, 7) is 0. The Balaban J connectivity index is 1.67. The van der Waals surface area contributed by atoms with Crippen LogP contribution in [0.5, 0.6) is 0 Å². The molecule has 1 aliphatic carbocycles. The Morgan fingerprint density at radius 3 is 2.66 bits per heavy atom. The van der Waals surface area contributed by atoms with Gasteiger partial charge < -0.3 is 15.5 Å². The summed E-state index contributed by atoms with van der Waals surface area (Å²) in [7, 11) is 0. The van der Waals surface area contributed by atoms with Gasteiger partial charge in [-0.25, -0.2) is 9.97 Å². The monoisotopic (exact) mass is 388 g/mol. The second-order valence-corrected chi connectivity index (χ2v) is 7.17. The van der Waals surface area contributed by atoms with Crippen LogP contribution in [0.2, 0.25) is 0 Å². The molecule has 0 atom stereocenters. The summed E-state index contributed by atoms with van der Waals surface area (Å²) in [5.74, 6) is 0.529. The number of para-hydroxylation sites is 2. The van der Waals surface area contributed by atoms with Gasteiger partial charge in [-0.15, -0.1) is 0 Å². The first-order valence-corrected chi connectivity index (χ1v) is 9.66. The van der Waals surface area contributed by atoms with Gasteiger partial charge >= 0.3 is 0 Å².